The van der Waals surface area contributed by atoms with Crippen molar-refractivity contribution >= 4 is 34.1 Å². The number of nitrogens with one attached hydrogen (secondary N) is 1. The van der Waals surface area contributed by atoms with Gasteiger partial charge in [-0.15, -0.1) is 0 Å². The first-order valence-electron chi connectivity index (χ1n) is 13.8. The Morgan fingerprint density at radius 3 is 2.33 bits per heavy atom. The summed E-state index contributed by atoms with van der Waals surface area (Å²) in [4.78, 5) is 31.0. The summed E-state index contributed by atoms with van der Waals surface area (Å²) in [5.41, 5.74) is 0.804. The van der Waals surface area contributed by atoms with Crippen LogP contribution < -0.4 is 29.8 Å². The van der Waals surface area contributed by atoms with Crippen molar-refractivity contribution in [3.8, 4) is 34.4 Å². The fourth-order valence-electron chi connectivity index (χ4n) is 5.01. The number of ether oxygens (including phenoxy) is 4. The van der Waals surface area contributed by atoms with Gasteiger partial charge in [-0.05, 0) is 61.2 Å². The Bertz CT molecular complexity index is 2030. The maximum atomic E-state index is 15.3. The number of anilines is 1. The van der Waals surface area contributed by atoms with E-state index in [4.69, 9.17) is 30.5 Å². The van der Waals surface area contributed by atoms with E-state index in [9.17, 15) is 14.0 Å². The largest absolute Gasteiger partial charge is 0.497 e. The molecule has 3 aromatic carbocycles. The first-order chi connectivity index (χ1) is 21.7. The zero-order chi connectivity index (χ0) is 31.8. The molecule has 1 fully saturated rings. The number of benzene rings is 3. The van der Waals surface area contributed by atoms with Gasteiger partial charge in [0.05, 0.1) is 43.8 Å². The standard InChI is InChI=1S/C33H26ClF2N3O6/c1-42-19-7-9-27(22(34)13-19)39-26(17-4-5-17)10-8-20(33(39)41)32(40)38-18-6-11-28(23(35)12-18)45-31-21-14-29(43-2)30(44-3)15-25(21)37-16-24(31)36/h6-17H,4-5H2,1-3H3,(H,38,40). The molecule has 0 bridgehead atoms. The molecule has 1 N–H and O–H groups in total. The quantitative estimate of drug-likeness (QED) is 0.182. The molecule has 12 heteroatoms. The summed E-state index contributed by atoms with van der Waals surface area (Å²) in [6.07, 6.45) is 2.78. The van der Waals surface area contributed by atoms with Gasteiger partial charge in [-0.1, -0.05) is 11.6 Å². The van der Waals surface area contributed by atoms with Gasteiger partial charge in [-0.2, -0.15) is 0 Å². The molecule has 5 aromatic rings. The number of nitrogens with zero attached hydrogens (tertiary/aromatic N) is 2. The maximum absolute atomic E-state index is 15.3. The molecule has 1 saturated carbocycles. The van der Waals surface area contributed by atoms with E-state index in [0.717, 1.165) is 30.8 Å². The van der Waals surface area contributed by atoms with Crippen molar-refractivity contribution in [2.75, 3.05) is 26.6 Å². The number of amides is 1. The predicted molar refractivity (Wildman–Crippen MR) is 165 cm³/mol. The van der Waals surface area contributed by atoms with Crippen LogP contribution in [0.25, 0.3) is 16.6 Å². The highest BCUT2D eigenvalue weighted by atomic mass is 35.5. The van der Waals surface area contributed by atoms with E-state index in [1.165, 1.54) is 50.2 Å². The Kier molecular flexibility index (Phi) is 8.03. The number of methoxy groups -OCH3 is 3. The van der Waals surface area contributed by atoms with Crippen LogP contribution in [0.1, 0.15) is 34.8 Å². The Morgan fingerprint density at radius 2 is 1.67 bits per heavy atom. The number of rotatable bonds is 9. The number of fused-ring (bicyclic) bond motifs is 1. The lowest BCUT2D eigenvalue weighted by atomic mass is 10.1. The van der Waals surface area contributed by atoms with E-state index in [1.54, 1.807) is 30.3 Å². The average Bonchev–Trinajstić information content (AvgIpc) is 3.88. The minimum Gasteiger partial charge on any atom is -0.497 e. The summed E-state index contributed by atoms with van der Waals surface area (Å²) in [5, 5.41) is 3.07. The molecule has 9 nitrogen and oxygen atoms in total. The fraction of sp³-hybridized carbons (Fsp3) is 0.182. The highest BCUT2D eigenvalue weighted by molar-refractivity contribution is 6.32. The third kappa shape index (κ3) is 5.74. The van der Waals surface area contributed by atoms with Crippen LogP contribution in [-0.4, -0.2) is 36.8 Å². The topological polar surface area (TPSA) is 101 Å². The molecule has 6 rings (SSSR count). The second-order valence-electron chi connectivity index (χ2n) is 10.3. The number of carbonyl (C=O) groups is 1. The summed E-state index contributed by atoms with van der Waals surface area (Å²) in [6, 6.07) is 14.8. The van der Waals surface area contributed by atoms with Crippen molar-refractivity contribution < 1.29 is 32.5 Å². The van der Waals surface area contributed by atoms with Crippen molar-refractivity contribution in [3.63, 3.8) is 0 Å². The molecule has 0 radical (unpaired) electrons. The summed E-state index contributed by atoms with van der Waals surface area (Å²) in [5.74, 6) is -1.67. The van der Waals surface area contributed by atoms with Crippen LogP contribution in [0.2, 0.25) is 5.02 Å². The molecule has 230 valence electrons. The van der Waals surface area contributed by atoms with E-state index in [0.29, 0.717) is 28.5 Å². The van der Waals surface area contributed by atoms with E-state index in [2.05, 4.69) is 10.3 Å². The van der Waals surface area contributed by atoms with Crippen LogP contribution in [0.5, 0.6) is 28.7 Å². The smallest absolute Gasteiger partial charge is 0.268 e. The molecule has 45 heavy (non-hydrogen) atoms. The monoisotopic (exact) mass is 633 g/mol. The third-order valence-corrected chi connectivity index (χ3v) is 7.73. The van der Waals surface area contributed by atoms with Gasteiger partial charge in [0.2, 0.25) is 0 Å². The molecular formula is C33H26ClF2N3O6. The molecule has 0 aliphatic heterocycles. The van der Waals surface area contributed by atoms with Crippen molar-refractivity contribution in [3.05, 3.63) is 105 Å². The fourth-order valence-corrected chi connectivity index (χ4v) is 5.27. The predicted octanol–water partition coefficient (Wildman–Crippen LogP) is 7.27. The van der Waals surface area contributed by atoms with Crippen molar-refractivity contribution in [2.45, 2.75) is 18.8 Å². The molecule has 2 aromatic heterocycles. The lowest BCUT2D eigenvalue weighted by Gasteiger charge is -2.16. The summed E-state index contributed by atoms with van der Waals surface area (Å²) in [6.45, 7) is 0. The van der Waals surface area contributed by atoms with Crippen LogP contribution in [0.15, 0.2) is 71.7 Å². The number of carbonyl (C=O) groups excluding carboxylic acids is 1. The lowest BCUT2D eigenvalue weighted by Crippen LogP contribution is -2.30. The summed E-state index contributed by atoms with van der Waals surface area (Å²) < 4.78 is 53.0. The van der Waals surface area contributed by atoms with Crippen LogP contribution in [0, 0.1) is 11.6 Å². The molecule has 0 atom stereocenters. The molecule has 0 saturated heterocycles. The van der Waals surface area contributed by atoms with Gasteiger partial charge in [0.25, 0.3) is 11.5 Å². The molecule has 1 aliphatic carbocycles. The Hall–Kier alpha value is -5.16. The minimum absolute atomic E-state index is 0.0519. The average molecular weight is 634 g/mol. The molecule has 1 aliphatic rings. The zero-order valence-electron chi connectivity index (χ0n) is 24.3. The van der Waals surface area contributed by atoms with Crippen LogP contribution in [0.3, 0.4) is 0 Å². The van der Waals surface area contributed by atoms with E-state index < -0.39 is 23.1 Å². The van der Waals surface area contributed by atoms with Gasteiger partial charge < -0.3 is 24.3 Å². The van der Waals surface area contributed by atoms with Crippen molar-refractivity contribution in [2.24, 2.45) is 0 Å². The van der Waals surface area contributed by atoms with Gasteiger partial charge in [-0.25, -0.2) is 8.78 Å². The third-order valence-electron chi connectivity index (χ3n) is 7.43. The van der Waals surface area contributed by atoms with Gasteiger partial charge >= 0.3 is 0 Å². The van der Waals surface area contributed by atoms with Gasteiger partial charge in [-0.3, -0.25) is 19.1 Å². The number of halogens is 3. The Labute approximate surface area is 260 Å². The molecular weight excluding hydrogens is 608 g/mol. The first-order valence-corrected chi connectivity index (χ1v) is 14.2. The van der Waals surface area contributed by atoms with E-state index in [1.807, 2.05) is 0 Å². The van der Waals surface area contributed by atoms with Gasteiger partial charge in [0, 0.05) is 35.0 Å². The lowest BCUT2D eigenvalue weighted by molar-refractivity contribution is 0.102. The van der Waals surface area contributed by atoms with Gasteiger partial charge in [0.1, 0.15) is 11.3 Å². The normalized spacial score (nSPS) is 12.6. The van der Waals surface area contributed by atoms with Crippen LogP contribution >= 0.6 is 11.6 Å². The van der Waals surface area contributed by atoms with Crippen LogP contribution in [0.4, 0.5) is 14.5 Å². The Morgan fingerprint density at radius 1 is 0.911 bits per heavy atom. The first kappa shape index (κ1) is 29.9. The van der Waals surface area contributed by atoms with Gasteiger partial charge in [0.15, 0.2) is 34.6 Å². The Balaban J connectivity index is 1.29. The SMILES string of the molecule is COc1ccc(-n2c(C3CC3)ccc(C(=O)Nc3ccc(Oc4c(F)cnc5cc(OC)c(OC)cc45)c(F)c3)c2=O)c(Cl)c1. The highest BCUT2D eigenvalue weighted by Crippen LogP contribution is 2.42. The molecule has 1 amide bonds. The van der Waals surface area contributed by atoms with E-state index >= 15 is 4.39 Å². The second-order valence-corrected chi connectivity index (χ2v) is 10.7. The summed E-state index contributed by atoms with van der Waals surface area (Å²) in [7, 11) is 4.39. The van der Waals surface area contributed by atoms with E-state index in [-0.39, 0.29) is 39.1 Å². The molecule has 0 unspecified atom stereocenters. The second kappa shape index (κ2) is 12.1. The molecule has 0 spiro atoms. The van der Waals surface area contributed by atoms with Crippen LogP contribution in [-0.2, 0) is 0 Å². The van der Waals surface area contributed by atoms with Crippen molar-refractivity contribution in [1.82, 2.24) is 9.55 Å². The number of hydrogen-bond acceptors (Lipinski definition) is 7. The number of hydrogen-bond donors (Lipinski definition) is 1. The highest BCUT2D eigenvalue weighted by Gasteiger charge is 2.29. The molecule has 2 heterocycles. The zero-order valence-corrected chi connectivity index (χ0v) is 25.1. The maximum Gasteiger partial charge on any atom is 0.268 e. The minimum atomic E-state index is -0.885. The summed E-state index contributed by atoms with van der Waals surface area (Å²) >= 11 is 6.50. The van der Waals surface area contributed by atoms with Crippen molar-refractivity contribution in [1.29, 1.82) is 0 Å². The number of aromatic nitrogens is 2. The number of pyridine rings is 2.